The average molecular weight is 473 g/mol. The predicted octanol–water partition coefficient (Wildman–Crippen LogP) is 5.93. The minimum atomic E-state index is 0.830. The average Bonchev–Trinajstić information content (AvgIpc) is 2.83. The summed E-state index contributed by atoms with van der Waals surface area (Å²) in [6.45, 7) is 8.07. The second-order valence-corrected chi connectivity index (χ2v) is 8.29. The van der Waals surface area contributed by atoms with Crippen molar-refractivity contribution in [1.82, 2.24) is 0 Å². The van der Waals surface area contributed by atoms with Crippen molar-refractivity contribution in [1.29, 1.82) is 0 Å². The Morgan fingerprint density at radius 3 is 0.735 bits per heavy atom. The van der Waals surface area contributed by atoms with Crippen molar-refractivity contribution < 1.29 is 4.21 Å². The molecule has 4 aromatic rings. The summed E-state index contributed by atoms with van der Waals surface area (Å²) in [5.74, 6) is 0. The van der Waals surface area contributed by atoms with Crippen LogP contribution >= 0.6 is 0 Å². The molecule has 0 bridgehead atoms. The van der Waals surface area contributed by atoms with Crippen LogP contribution in [0.4, 0.5) is 22.7 Å². The maximum absolute atomic E-state index is 7.83. The Kier molecular flexibility index (Phi) is 9.16. The molecule has 0 fully saturated rings. The molecule has 0 aliphatic rings. The van der Waals surface area contributed by atoms with Crippen LogP contribution in [0, 0.1) is 27.7 Å². The van der Waals surface area contributed by atoms with Crippen LogP contribution in [0.15, 0.2) is 72.8 Å². The first-order valence-corrected chi connectivity index (χ1v) is 11.1. The van der Waals surface area contributed by atoms with E-state index in [9.17, 15) is 0 Å². The maximum atomic E-state index is 7.83. The number of benzene rings is 4. The normalized spacial score (nSPS) is 9.88. The van der Waals surface area contributed by atoms with E-state index in [2.05, 4.69) is 36.8 Å². The van der Waals surface area contributed by atoms with Gasteiger partial charge in [-0.3, -0.25) is 0 Å². The third-order valence-electron chi connectivity index (χ3n) is 5.75. The van der Waals surface area contributed by atoms with Gasteiger partial charge in [0.2, 0.25) is 0 Å². The van der Waals surface area contributed by atoms with Crippen LogP contribution in [-0.2, 0) is 12.5 Å². The van der Waals surface area contributed by atoms with Crippen LogP contribution in [-0.4, -0.2) is 4.21 Å². The van der Waals surface area contributed by atoms with Gasteiger partial charge < -0.3 is 22.9 Å². The summed E-state index contributed by atoms with van der Waals surface area (Å²) < 4.78 is 7.83. The summed E-state index contributed by atoms with van der Waals surface area (Å²) in [4.78, 5) is 0. The molecule has 0 aromatic heterocycles. The molecule has 0 atom stereocenters. The van der Waals surface area contributed by atoms with E-state index in [1.54, 1.807) is 0 Å². The van der Waals surface area contributed by atoms with Gasteiger partial charge >= 0.3 is 0 Å². The molecule has 6 heteroatoms. The largest absolute Gasteiger partial charge is 0.399 e. The van der Waals surface area contributed by atoms with Gasteiger partial charge in [0.25, 0.3) is 0 Å². The van der Waals surface area contributed by atoms with E-state index in [1.165, 1.54) is 22.3 Å². The van der Waals surface area contributed by atoms with Gasteiger partial charge in [0.15, 0.2) is 12.5 Å². The van der Waals surface area contributed by atoms with Gasteiger partial charge in [0.05, 0.1) is 0 Å². The monoisotopic (exact) mass is 472 g/mol. The van der Waals surface area contributed by atoms with Gasteiger partial charge in [-0.2, -0.15) is 4.21 Å². The molecular weight excluding hydrogens is 440 g/mol. The number of aryl methyl sites for hydroxylation is 4. The highest BCUT2D eigenvalue weighted by Crippen LogP contribution is 2.27. The highest BCUT2D eigenvalue weighted by atomic mass is 32.1. The number of nitrogens with two attached hydrogens (primary N) is 4. The molecule has 4 aromatic carbocycles. The first-order valence-electron chi connectivity index (χ1n) is 10.8. The number of hydrogen-bond donors (Lipinski definition) is 4. The fourth-order valence-corrected chi connectivity index (χ4v) is 3.42. The van der Waals surface area contributed by atoms with Crippen molar-refractivity contribution in [2.45, 2.75) is 27.7 Å². The van der Waals surface area contributed by atoms with Crippen molar-refractivity contribution in [3.8, 4) is 22.3 Å². The third-order valence-corrected chi connectivity index (χ3v) is 5.75. The van der Waals surface area contributed by atoms with E-state index in [1.807, 2.05) is 76.2 Å². The van der Waals surface area contributed by atoms with E-state index >= 15 is 0 Å². The predicted molar refractivity (Wildman–Crippen MR) is 148 cm³/mol. The lowest BCUT2D eigenvalue weighted by atomic mass is 10.0. The lowest BCUT2D eigenvalue weighted by Crippen LogP contribution is -1.91. The minimum Gasteiger partial charge on any atom is -0.399 e. The van der Waals surface area contributed by atoms with Crippen LogP contribution in [0.25, 0.3) is 22.3 Å². The van der Waals surface area contributed by atoms with Crippen molar-refractivity contribution in [3.63, 3.8) is 0 Å². The minimum absolute atomic E-state index is 0.830. The van der Waals surface area contributed by atoms with Crippen LogP contribution < -0.4 is 22.9 Å². The smallest absolute Gasteiger partial charge is 0.197 e. The fourth-order valence-electron chi connectivity index (χ4n) is 3.42. The van der Waals surface area contributed by atoms with Crippen molar-refractivity contribution >= 4 is 35.3 Å². The van der Waals surface area contributed by atoms with Crippen molar-refractivity contribution in [2.24, 2.45) is 0 Å². The molecule has 8 N–H and O–H groups in total. The van der Waals surface area contributed by atoms with Gasteiger partial charge in [-0.25, -0.2) is 0 Å². The zero-order valence-electron chi connectivity index (χ0n) is 20.1. The quantitative estimate of drug-likeness (QED) is 0.268. The highest BCUT2D eigenvalue weighted by Gasteiger charge is 2.03. The van der Waals surface area contributed by atoms with Crippen LogP contribution in [0.3, 0.4) is 0 Å². The molecule has 0 amide bonds. The summed E-state index contributed by atoms with van der Waals surface area (Å²) in [6, 6.07) is 24.3. The number of rotatable bonds is 2. The Morgan fingerprint density at radius 2 is 0.588 bits per heavy atom. The molecule has 0 unspecified atom stereocenters. The van der Waals surface area contributed by atoms with Crippen LogP contribution in [0.2, 0.25) is 0 Å². The summed E-state index contributed by atoms with van der Waals surface area (Å²) >= 11 is 2.83. The molecular formula is C28H32N4OS. The van der Waals surface area contributed by atoms with Gasteiger partial charge in [-0.15, -0.1) is 0 Å². The van der Waals surface area contributed by atoms with E-state index in [0.717, 1.165) is 45.0 Å². The Morgan fingerprint density at radius 1 is 0.412 bits per heavy atom. The summed E-state index contributed by atoms with van der Waals surface area (Å²) in [5.41, 5.74) is 35.6. The Bertz CT molecular complexity index is 1090. The number of anilines is 4. The molecule has 0 aliphatic carbocycles. The van der Waals surface area contributed by atoms with Crippen molar-refractivity contribution in [2.75, 3.05) is 22.9 Å². The summed E-state index contributed by atoms with van der Waals surface area (Å²) in [7, 11) is 0. The third kappa shape index (κ3) is 6.56. The summed E-state index contributed by atoms with van der Waals surface area (Å²) in [5, 5.41) is 0. The first kappa shape index (κ1) is 26.4. The van der Waals surface area contributed by atoms with E-state index in [0.29, 0.717) is 0 Å². The van der Waals surface area contributed by atoms with E-state index < -0.39 is 0 Å². The highest BCUT2D eigenvalue weighted by molar-refractivity contribution is 7.44. The maximum Gasteiger partial charge on any atom is 0.197 e. The van der Waals surface area contributed by atoms with Crippen LogP contribution in [0.5, 0.6) is 0 Å². The molecule has 34 heavy (non-hydrogen) atoms. The molecule has 176 valence electrons. The zero-order valence-corrected chi connectivity index (χ0v) is 20.9. The lowest BCUT2D eigenvalue weighted by Gasteiger charge is -2.07. The molecule has 0 heterocycles. The topological polar surface area (TPSA) is 121 Å². The van der Waals surface area contributed by atoms with Gasteiger partial charge in [-0.1, -0.05) is 24.3 Å². The van der Waals surface area contributed by atoms with Gasteiger partial charge in [0.1, 0.15) is 0 Å². The van der Waals surface area contributed by atoms with Gasteiger partial charge in [0, 0.05) is 22.7 Å². The molecule has 5 nitrogen and oxygen atoms in total. The Balaban J connectivity index is 0.000000224. The second-order valence-electron chi connectivity index (χ2n) is 8.29. The van der Waals surface area contributed by atoms with E-state index in [-0.39, 0.29) is 0 Å². The molecule has 4 rings (SSSR count). The SMILES string of the molecule is Cc1cc(-c2ccc(N)c(C)c2)ccc1N.Cc1cc(-c2ccc(N)c(C)c2)ccc1N.O=S. The number of nitrogen functional groups attached to an aromatic ring is 4. The van der Waals surface area contributed by atoms with Crippen molar-refractivity contribution in [3.05, 3.63) is 95.1 Å². The standard InChI is InChI=1S/2C14H16N2.OS/c2*1-9-7-11(3-5-13(9)15)12-4-6-14(16)10(2)8-12;1-2/h2*3-8H,15-16H2,1-2H3;. The molecule has 0 spiro atoms. The van der Waals surface area contributed by atoms with Crippen LogP contribution in [0.1, 0.15) is 22.3 Å². The molecule has 0 saturated carbocycles. The Labute approximate surface area is 207 Å². The molecule has 0 aliphatic heterocycles. The molecule has 0 radical (unpaired) electrons. The first-order chi connectivity index (χ1) is 16.2. The second kappa shape index (κ2) is 11.8. The fraction of sp³-hybridized carbons (Fsp3) is 0.143. The van der Waals surface area contributed by atoms with Gasteiger partial charge in [-0.05, 0) is 121 Å². The Hall–Kier alpha value is -3.90. The van der Waals surface area contributed by atoms with E-state index in [4.69, 9.17) is 27.1 Å². The lowest BCUT2D eigenvalue weighted by molar-refractivity contribution is 0.702. The number of hydrogen-bond acceptors (Lipinski definition) is 6. The summed E-state index contributed by atoms with van der Waals surface area (Å²) in [6.07, 6.45) is 0. The zero-order chi connectivity index (χ0) is 25.4. The molecule has 0 saturated heterocycles.